The number of hydrazine groups is 1. The Morgan fingerprint density at radius 3 is 2.48 bits per heavy atom. The van der Waals surface area contributed by atoms with Crippen molar-refractivity contribution in [1.29, 1.82) is 0 Å². The van der Waals surface area contributed by atoms with E-state index >= 15 is 0 Å². The van der Waals surface area contributed by atoms with Crippen molar-refractivity contribution in [3.05, 3.63) is 58.6 Å². The Hall–Kier alpha value is -2.31. The number of benzene rings is 2. The van der Waals surface area contributed by atoms with E-state index < -0.39 is 11.8 Å². The quantitative estimate of drug-likeness (QED) is 0.449. The fourth-order valence-corrected chi connectivity index (χ4v) is 2.35. The molecular formula is C18H20ClFN2O3. The zero-order chi connectivity index (χ0) is 18.4. The van der Waals surface area contributed by atoms with Gasteiger partial charge in [-0.05, 0) is 55.3 Å². The average Bonchev–Trinajstić information content (AvgIpc) is 2.55. The van der Waals surface area contributed by atoms with Crippen LogP contribution in [-0.4, -0.2) is 12.7 Å². The molecule has 0 bridgehead atoms. The van der Waals surface area contributed by atoms with E-state index in [1.165, 1.54) is 13.8 Å². The van der Waals surface area contributed by atoms with Crippen LogP contribution in [0.5, 0.6) is 11.5 Å². The number of halogens is 2. The lowest BCUT2D eigenvalue weighted by atomic mass is 10.0. The summed E-state index contributed by atoms with van der Waals surface area (Å²) in [5, 5.41) is 0.408. The van der Waals surface area contributed by atoms with E-state index in [-0.39, 0.29) is 6.61 Å². The van der Waals surface area contributed by atoms with Gasteiger partial charge in [0.1, 0.15) is 17.2 Å². The maximum atomic E-state index is 14.1. The molecule has 0 aliphatic carbocycles. The second-order valence-electron chi connectivity index (χ2n) is 5.92. The topological polar surface area (TPSA) is 73.6 Å². The minimum absolute atomic E-state index is 0.215. The normalized spacial score (nSPS) is 11.1. The Kier molecular flexibility index (Phi) is 6.22. The number of amides is 1. The molecule has 25 heavy (non-hydrogen) atoms. The number of alkyl halides is 1. The number of carbonyl (C=O) groups excluding carboxylic acids is 1. The summed E-state index contributed by atoms with van der Waals surface area (Å²) >= 11 is 6.04. The summed E-state index contributed by atoms with van der Waals surface area (Å²) in [7, 11) is 0. The average molecular weight is 367 g/mol. The molecule has 0 fully saturated rings. The number of carbonyl (C=O) groups is 1. The number of ether oxygens (including phenoxy) is 2. The van der Waals surface area contributed by atoms with Crippen LogP contribution >= 0.6 is 11.6 Å². The fourth-order valence-electron chi connectivity index (χ4n) is 2.13. The summed E-state index contributed by atoms with van der Waals surface area (Å²) in [6.07, 6.45) is -0.127. The van der Waals surface area contributed by atoms with Crippen molar-refractivity contribution in [1.82, 2.24) is 5.43 Å². The van der Waals surface area contributed by atoms with Crippen molar-refractivity contribution in [3.8, 4) is 11.5 Å². The Morgan fingerprint density at radius 1 is 1.20 bits per heavy atom. The molecule has 0 radical (unpaired) electrons. The summed E-state index contributed by atoms with van der Waals surface area (Å²) in [4.78, 5) is 10.9. The van der Waals surface area contributed by atoms with Gasteiger partial charge in [0.25, 0.3) is 0 Å². The Bertz CT molecular complexity index is 730. The third-order valence-electron chi connectivity index (χ3n) is 3.46. The SMILES string of the molecule is CC(C)(F)c1cc(Cl)cc(Oc2ccc(CCOC(=O)NN)cc2)c1. The maximum Gasteiger partial charge on any atom is 0.421 e. The summed E-state index contributed by atoms with van der Waals surface area (Å²) in [5.74, 6) is 5.97. The molecule has 2 aromatic carbocycles. The summed E-state index contributed by atoms with van der Waals surface area (Å²) in [6.45, 7) is 3.14. The Labute approximate surface area is 150 Å². The molecule has 2 aromatic rings. The fraction of sp³-hybridized carbons (Fsp3) is 0.278. The van der Waals surface area contributed by atoms with E-state index in [4.69, 9.17) is 26.9 Å². The van der Waals surface area contributed by atoms with Crippen molar-refractivity contribution in [3.63, 3.8) is 0 Å². The molecule has 0 saturated carbocycles. The van der Waals surface area contributed by atoms with Gasteiger partial charge in [-0.1, -0.05) is 23.7 Å². The second kappa shape index (κ2) is 8.18. The lowest BCUT2D eigenvalue weighted by molar-refractivity contribution is 0.147. The molecule has 0 heterocycles. The summed E-state index contributed by atoms with van der Waals surface area (Å²) in [6, 6.07) is 12.1. The van der Waals surface area contributed by atoms with Crippen molar-refractivity contribution < 1.29 is 18.7 Å². The summed E-state index contributed by atoms with van der Waals surface area (Å²) in [5.41, 5.74) is 1.79. The number of rotatable bonds is 6. The number of hydrogen-bond donors (Lipinski definition) is 2. The molecule has 0 aliphatic heterocycles. The van der Waals surface area contributed by atoms with Gasteiger partial charge in [-0.15, -0.1) is 0 Å². The van der Waals surface area contributed by atoms with Crippen LogP contribution in [0.4, 0.5) is 9.18 Å². The largest absolute Gasteiger partial charge is 0.457 e. The Morgan fingerprint density at radius 2 is 1.88 bits per heavy atom. The van der Waals surface area contributed by atoms with Gasteiger partial charge in [-0.3, -0.25) is 5.43 Å². The van der Waals surface area contributed by atoms with Crippen LogP contribution in [0.25, 0.3) is 0 Å². The molecule has 2 rings (SSSR count). The minimum atomic E-state index is -1.51. The molecule has 134 valence electrons. The van der Waals surface area contributed by atoms with E-state index in [2.05, 4.69) is 0 Å². The smallest absolute Gasteiger partial charge is 0.421 e. The van der Waals surface area contributed by atoms with Crippen LogP contribution in [0.1, 0.15) is 25.0 Å². The molecule has 0 saturated heterocycles. The van der Waals surface area contributed by atoms with Crippen LogP contribution < -0.4 is 16.0 Å². The molecule has 7 heteroatoms. The first-order chi connectivity index (χ1) is 11.8. The van der Waals surface area contributed by atoms with Gasteiger partial charge in [-0.25, -0.2) is 15.0 Å². The predicted molar refractivity (Wildman–Crippen MR) is 94.5 cm³/mol. The van der Waals surface area contributed by atoms with Crippen LogP contribution in [0.2, 0.25) is 5.02 Å². The van der Waals surface area contributed by atoms with E-state index in [0.29, 0.717) is 28.5 Å². The van der Waals surface area contributed by atoms with E-state index in [1.807, 2.05) is 17.6 Å². The van der Waals surface area contributed by atoms with Crippen molar-refractivity contribution in [2.45, 2.75) is 25.9 Å². The first-order valence-electron chi connectivity index (χ1n) is 7.68. The van der Waals surface area contributed by atoms with Crippen LogP contribution in [0.3, 0.4) is 0 Å². The molecule has 0 spiro atoms. The lowest BCUT2D eigenvalue weighted by Gasteiger charge is -2.16. The van der Waals surface area contributed by atoms with E-state index in [1.54, 1.807) is 30.3 Å². The zero-order valence-corrected chi connectivity index (χ0v) is 14.8. The molecule has 0 aliphatic rings. The zero-order valence-electron chi connectivity index (χ0n) is 14.0. The summed E-state index contributed by atoms with van der Waals surface area (Å²) < 4.78 is 24.7. The molecule has 0 aromatic heterocycles. The lowest BCUT2D eigenvalue weighted by Crippen LogP contribution is -2.31. The van der Waals surface area contributed by atoms with Crippen LogP contribution in [0.15, 0.2) is 42.5 Å². The van der Waals surface area contributed by atoms with Crippen molar-refractivity contribution in [2.24, 2.45) is 5.84 Å². The molecule has 1 amide bonds. The van der Waals surface area contributed by atoms with Gasteiger partial charge in [0.15, 0.2) is 0 Å². The van der Waals surface area contributed by atoms with Gasteiger partial charge < -0.3 is 9.47 Å². The van der Waals surface area contributed by atoms with Gasteiger partial charge in [0.05, 0.1) is 6.61 Å². The standard InChI is InChI=1S/C18H20ClFN2O3/c1-18(2,20)13-9-14(19)11-16(10-13)25-15-5-3-12(4-6-15)7-8-24-17(23)22-21/h3-6,9-11H,7-8,21H2,1-2H3,(H,22,23). The third-order valence-corrected chi connectivity index (χ3v) is 3.68. The van der Waals surface area contributed by atoms with Gasteiger partial charge in [-0.2, -0.15) is 0 Å². The predicted octanol–water partition coefficient (Wildman–Crippen LogP) is 4.48. The first-order valence-corrected chi connectivity index (χ1v) is 8.06. The minimum Gasteiger partial charge on any atom is -0.457 e. The molecular weight excluding hydrogens is 347 g/mol. The van der Waals surface area contributed by atoms with Gasteiger partial charge >= 0.3 is 6.09 Å². The van der Waals surface area contributed by atoms with Crippen molar-refractivity contribution >= 4 is 17.7 Å². The highest BCUT2D eigenvalue weighted by atomic mass is 35.5. The van der Waals surface area contributed by atoms with Crippen molar-refractivity contribution in [2.75, 3.05) is 6.61 Å². The Balaban J connectivity index is 2.01. The molecule has 5 nitrogen and oxygen atoms in total. The first kappa shape index (κ1) is 19.0. The van der Waals surface area contributed by atoms with Gasteiger partial charge in [0, 0.05) is 11.4 Å². The van der Waals surface area contributed by atoms with Crippen LogP contribution in [0, 0.1) is 0 Å². The molecule has 0 atom stereocenters. The number of nitrogens with two attached hydrogens (primary N) is 1. The van der Waals surface area contributed by atoms with E-state index in [9.17, 15) is 9.18 Å². The third kappa shape index (κ3) is 5.92. The molecule has 0 unspecified atom stereocenters. The van der Waals surface area contributed by atoms with E-state index in [0.717, 1.165) is 5.56 Å². The maximum absolute atomic E-state index is 14.1. The highest BCUT2D eigenvalue weighted by Crippen LogP contribution is 2.33. The number of nitrogens with one attached hydrogen (secondary N) is 1. The van der Waals surface area contributed by atoms with Gasteiger partial charge in [0.2, 0.25) is 0 Å². The molecule has 3 N–H and O–H groups in total. The highest BCUT2D eigenvalue weighted by molar-refractivity contribution is 6.30. The monoisotopic (exact) mass is 366 g/mol. The second-order valence-corrected chi connectivity index (χ2v) is 6.36. The van der Waals surface area contributed by atoms with Crippen LogP contribution in [-0.2, 0) is 16.8 Å². The number of hydrogen-bond acceptors (Lipinski definition) is 4. The highest BCUT2D eigenvalue weighted by Gasteiger charge is 2.20.